The molecule has 2 N–H and O–H groups in total. The second kappa shape index (κ2) is 7.06. The standard InChI is InChI=1S/C15H21N3O3/c1-18(10-11-4-3-7-16-9-11)15(21)17-13-6-2-5-12(8-13)14(19)20/h3-4,7,9,12-13H,2,5-6,8,10H2,1H3,(H,17,21)(H,19,20). The van der Waals surface area contributed by atoms with E-state index in [1.807, 2.05) is 12.1 Å². The Balaban J connectivity index is 1.84. The Hall–Kier alpha value is -2.11. The number of amides is 2. The zero-order chi connectivity index (χ0) is 15.2. The van der Waals surface area contributed by atoms with Crippen LogP contribution in [0.2, 0.25) is 0 Å². The summed E-state index contributed by atoms with van der Waals surface area (Å²) in [6.07, 6.45) is 6.32. The van der Waals surface area contributed by atoms with E-state index in [1.54, 1.807) is 24.3 Å². The van der Waals surface area contributed by atoms with Crippen LogP contribution >= 0.6 is 0 Å². The van der Waals surface area contributed by atoms with Crippen LogP contribution in [0, 0.1) is 5.92 Å². The van der Waals surface area contributed by atoms with E-state index in [2.05, 4.69) is 10.3 Å². The number of aliphatic carboxylic acids is 1. The lowest BCUT2D eigenvalue weighted by atomic mass is 9.86. The van der Waals surface area contributed by atoms with Crippen molar-refractivity contribution in [1.82, 2.24) is 15.2 Å². The first kappa shape index (κ1) is 15.3. The summed E-state index contributed by atoms with van der Waals surface area (Å²) in [5.74, 6) is -1.11. The molecule has 1 aliphatic rings. The quantitative estimate of drug-likeness (QED) is 0.887. The molecule has 1 fully saturated rings. The Labute approximate surface area is 124 Å². The zero-order valence-electron chi connectivity index (χ0n) is 12.2. The van der Waals surface area contributed by atoms with Crippen molar-refractivity contribution >= 4 is 12.0 Å². The van der Waals surface area contributed by atoms with E-state index < -0.39 is 5.97 Å². The molecule has 0 aliphatic heterocycles. The summed E-state index contributed by atoms with van der Waals surface area (Å²) in [4.78, 5) is 28.8. The first-order valence-electron chi connectivity index (χ1n) is 7.19. The molecular formula is C15H21N3O3. The number of carbonyl (C=O) groups excluding carboxylic acids is 1. The average Bonchev–Trinajstić information content (AvgIpc) is 2.48. The molecule has 6 nitrogen and oxygen atoms in total. The predicted octanol–water partition coefficient (Wildman–Crippen LogP) is 1.87. The third-order valence-electron chi connectivity index (χ3n) is 3.84. The van der Waals surface area contributed by atoms with E-state index in [0.29, 0.717) is 19.4 Å². The van der Waals surface area contributed by atoms with Crippen LogP contribution in [0.3, 0.4) is 0 Å². The van der Waals surface area contributed by atoms with Crippen LogP contribution in [-0.4, -0.2) is 40.1 Å². The molecule has 0 radical (unpaired) electrons. The van der Waals surface area contributed by atoms with Crippen molar-refractivity contribution in [2.45, 2.75) is 38.3 Å². The number of hydrogen-bond acceptors (Lipinski definition) is 3. The van der Waals surface area contributed by atoms with Crippen LogP contribution < -0.4 is 5.32 Å². The summed E-state index contributed by atoms with van der Waals surface area (Å²) in [5.41, 5.74) is 0.960. The first-order valence-corrected chi connectivity index (χ1v) is 7.19. The van der Waals surface area contributed by atoms with Crippen molar-refractivity contribution in [3.63, 3.8) is 0 Å². The van der Waals surface area contributed by atoms with Crippen LogP contribution in [0.4, 0.5) is 4.79 Å². The van der Waals surface area contributed by atoms with E-state index in [9.17, 15) is 9.59 Å². The fourth-order valence-corrected chi connectivity index (χ4v) is 2.67. The number of pyridine rings is 1. The monoisotopic (exact) mass is 291 g/mol. The van der Waals surface area contributed by atoms with Gasteiger partial charge in [-0.25, -0.2) is 4.79 Å². The van der Waals surface area contributed by atoms with E-state index in [4.69, 9.17) is 5.11 Å². The number of carboxylic acid groups (broad SMARTS) is 1. The van der Waals surface area contributed by atoms with Gasteiger partial charge in [-0.1, -0.05) is 12.5 Å². The number of carbonyl (C=O) groups is 2. The molecule has 2 rings (SSSR count). The minimum Gasteiger partial charge on any atom is -0.481 e. The number of nitrogens with zero attached hydrogens (tertiary/aromatic N) is 2. The summed E-state index contributed by atoms with van der Waals surface area (Å²) in [7, 11) is 1.72. The van der Waals surface area contributed by atoms with E-state index in [1.165, 1.54) is 0 Å². The minimum atomic E-state index is -0.766. The highest BCUT2D eigenvalue weighted by Crippen LogP contribution is 2.24. The first-order chi connectivity index (χ1) is 10.1. The van der Waals surface area contributed by atoms with Gasteiger partial charge < -0.3 is 15.3 Å². The van der Waals surface area contributed by atoms with Gasteiger partial charge in [0.2, 0.25) is 0 Å². The molecule has 1 saturated carbocycles. The van der Waals surface area contributed by atoms with Crippen LogP contribution in [0.1, 0.15) is 31.2 Å². The fraction of sp³-hybridized carbons (Fsp3) is 0.533. The maximum Gasteiger partial charge on any atom is 0.317 e. The smallest absolute Gasteiger partial charge is 0.317 e. The summed E-state index contributed by atoms with van der Waals surface area (Å²) < 4.78 is 0. The molecule has 21 heavy (non-hydrogen) atoms. The summed E-state index contributed by atoms with van der Waals surface area (Å²) >= 11 is 0. The second-order valence-corrected chi connectivity index (χ2v) is 5.57. The summed E-state index contributed by atoms with van der Waals surface area (Å²) in [6, 6.07) is 3.52. The largest absolute Gasteiger partial charge is 0.481 e. The molecule has 2 amide bonds. The highest BCUT2D eigenvalue weighted by atomic mass is 16.4. The van der Waals surface area contributed by atoms with Crippen LogP contribution in [0.25, 0.3) is 0 Å². The molecule has 1 heterocycles. The van der Waals surface area contributed by atoms with Gasteiger partial charge in [0.25, 0.3) is 0 Å². The van der Waals surface area contributed by atoms with Gasteiger partial charge in [-0.3, -0.25) is 9.78 Å². The fourth-order valence-electron chi connectivity index (χ4n) is 2.67. The van der Waals surface area contributed by atoms with Crippen molar-refractivity contribution in [3.05, 3.63) is 30.1 Å². The van der Waals surface area contributed by atoms with Gasteiger partial charge in [0, 0.05) is 32.0 Å². The average molecular weight is 291 g/mol. The Bertz CT molecular complexity index is 492. The lowest BCUT2D eigenvalue weighted by Gasteiger charge is -2.29. The molecule has 0 bridgehead atoms. The maximum atomic E-state index is 12.1. The summed E-state index contributed by atoms with van der Waals surface area (Å²) in [6.45, 7) is 0.481. The van der Waals surface area contributed by atoms with Gasteiger partial charge in [-0.15, -0.1) is 0 Å². The van der Waals surface area contributed by atoms with Crippen LogP contribution in [0.5, 0.6) is 0 Å². The molecule has 114 valence electrons. The lowest BCUT2D eigenvalue weighted by molar-refractivity contribution is -0.143. The van der Waals surface area contributed by atoms with E-state index in [0.717, 1.165) is 18.4 Å². The lowest BCUT2D eigenvalue weighted by Crippen LogP contribution is -2.45. The molecule has 0 aromatic carbocycles. The van der Waals surface area contributed by atoms with Crippen LogP contribution in [0.15, 0.2) is 24.5 Å². The van der Waals surface area contributed by atoms with Gasteiger partial charge in [-0.2, -0.15) is 0 Å². The Kier molecular flexibility index (Phi) is 5.14. The van der Waals surface area contributed by atoms with Gasteiger partial charge in [0.15, 0.2) is 0 Å². The predicted molar refractivity (Wildman–Crippen MR) is 77.6 cm³/mol. The molecular weight excluding hydrogens is 270 g/mol. The highest BCUT2D eigenvalue weighted by molar-refractivity contribution is 5.74. The Morgan fingerprint density at radius 1 is 1.48 bits per heavy atom. The molecule has 6 heteroatoms. The Morgan fingerprint density at radius 3 is 2.95 bits per heavy atom. The number of carboxylic acids is 1. The molecule has 2 atom stereocenters. The van der Waals surface area contributed by atoms with E-state index in [-0.39, 0.29) is 18.0 Å². The minimum absolute atomic E-state index is 0.0521. The van der Waals surface area contributed by atoms with Crippen molar-refractivity contribution in [1.29, 1.82) is 0 Å². The van der Waals surface area contributed by atoms with Crippen molar-refractivity contribution in [3.8, 4) is 0 Å². The number of rotatable bonds is 4. The second-order valence-electron chi connectivity index (χ2n) is 5.57. The maximum absolute atomic E-state index is 12.1. The molecule has 1 aliphatic carbocycles. The molecule has 2 unspecified atom stereocenters. The van der Waals surface area contributed by atoms with Gasteiger partial charge in [0.1, 0.15) is 0 Å². The van der Waals surface area contributed by atoms with E-state index >= 15 is 0 Å². The van der Waals surface area contributed by atoms with Crippen molar-refractivity contribution in [2.75, 3.05) is 7.05 Å². The third kappa shape index (κ3) is 4.44. The molecule has 0 spiro atoms. The van der Waals surface area contributed by atoms with Crippen LogP contribution in [-0.2, 0) is 11.3 Å². The van der Waals surface area contributed by atoms with Crippen molar-refractivity contribution < 1.29 is 14.7 Å². The topological polar surface area (TPSA) is 82.5 Å². The number of aromatic nitrogens is 1. The number of hydrogen-bond donors (Lipinski definition) is 2. The molecule has 0 saturated heterocycles. The zero-order valence-corrected chi connectivity index (χ0v) is 12.2. The molecule has 1 aromatic rings. The summed E-state index contributed by atoms with van der Waals surface area (Å²) in [5, 5.41) is 12.0. The highest BCUT2D eigenvalue weighted by Gasteiger charge is 2.28. The van der Waals surface area contributed by atoms with Crippen molar-refractivity contribution in [2.24, 2.45) is 5.92 Å². The SMILES string of the molecule is CN(Cc1cccnc1)C(=O)NC1CCCC(C(=O)O)C1. The van der Waals surface area contributed by atoms with Gasteiger partial charge >= 0.3 is 12.0 Å². The third-order valence-corrected chi connectivity index (χ3v) is 3.84. The normalized spacial score (nSPS) is 21.6. The number of nitrogens with one attached hydrogen (secondary N) is 1. The van der Waals surface area contributed by atoms with Gasteiger partial charge in [-0.05, 0) is 30.9 Å². The Morgan fingerprint density at radius 2 is 2.29 bits per heavy atom. The van der Waals surface area contributed by atoms with Gasteiger partial charge in [0.05, 0.1) is 5.92 Å². The number of urea groups is 1. The molecule has 1 aromatic heterocycles.